The molecule has 0 unspecified atom stereocenters. The normalized spacial score (nSPS) is 14.5. The molecule has 3 nitrogen and oxygen atoms in total. The van der Waals surface area contributed by atoms with E-state index in [2.05, 4.69) is 35.3 Å². The van der Waals surface area contributed by atoms with Crippen molar-refractivity contribution in [2.45, 2.75) is 37.0 Å². The number of aliphatic hydroxyl groups excluding tert-OH is 1. The lowest BCUT2D eigenvalue weighted by molar-refractivity contribution is 0.199. The zero-order chi connectivity index (χ0) is 16.8. The fraction of sp³-hybridized carbons (Fsp3) is 0.250. The number of benzene rings is 1. The van der Waals surface area contributed by atoms with Crippen LogP contribution in [0.4, 0.5) is 0 Å². The number of pyridine rings is 1. The average Bonchev–Trinajstić information content (AvgIpc) is 2.63. The summed E-state index contributed by atoms with van der Waals surface area (Å²) < 4.78 is 5.85. The largest absolute Gasteiger partial charge is 0.512 e. The second-order valence-corrected chi connectivity index (χ2v) is 6.80. The minimum atomic E-state index is 0.441. The summed E-state index contributed by atoms with van der Waals surface area (Å²) in [5, 5.41) is 9.79. The van der Waals surface area contributed by atoms with Crippen LogP contribution >= 0.6 is 11.8 Å². The van der Waals surface area contributed by atoms with Crippen molar-refractivity contribution in [3.8, 4) is 0 Å². The Kier molecular flexibility index (Phi) is 5.59. The fourth-order valence-electron chi connectivity index (χ4n) is 2.48. The summed E-state index contributed by atoms with van der Waals surface area (Å²) in [4.78, 5) is 5.26. The highest BCUT2D eigenvalue weighted by Crippen LogP contribution is 2.25. The van der Waals surface area contributed by atoms with Crippen LogP contribution in [0.25, 0.3) is 0 Å². The first kappa shape index (κ1) is 16.7. The van der Waals surface area contributed by atoms with Gasteiger partial charge in [0.25, 0.3) is 0 Å². The number of aromatic nitrogens is 1. The van der Waals surface area contributed by atoms with E-state index in [0.29, 0.717) is 18.8 Å². The van der Waals surface area contributed by atoms with E-state index in [0.717, 1.165) is 29.1 Å². The van der Waals surface area contributed by atoms with Gasteiger partial charge in [-0.3, -0.25) is 4.98 Å². The van der Waals surface area contributed by atoms with Gasteiger partial charge in [0.1, 0.15) is 12.4 Å². The molecule has 0 aliphatic heterocycles. The van der Waals surface area contributed by atoms with Crippen molar-refractivity contribution in [2.24, 2.45) is 0 Å². The zero-order valence-electron chi connectivity index (χ0n) is 13.7. The molecule has 1 N–H and O–H groups in total. The molecule has 0 radical (unpaired) electrons. The number of rotatable bonds is 6. The summed E-state index contributed by atoms with van der Waals surface area (Å²) in [7, 11) is 0. The lowest BCUT2D eigenvalue weighted by Crippen LogP contribution is -2.02. The van der Waals surface area contributed by atoms with Gasteiger partial charge in [-0.1, -0.05) is 24.3 Å². The Balaban J connectivity index is 1.52. The second kappa shape index (κ2) is 8.06. The Hall–Kier alpha value is -2.20. The third kappa shape index (κ3) is 4.42. The number of thioether (sulfide) groups is 1. The van der Waals surface area contributed by atoms with E-state index in [1.54, 1.807) is 11.8 Å². The number of ether oxygens (including phenoxy) is 1. The Morgan fingerprint density at radius 1 is 1.08 bits per heavy atom. The van der Waals surface area contributed by atoms with Crippen molar-refractivity contribution in [1.29, 1.82) is 0 Å². The third-order valence-corrected chi connectivity index (χ3v) is 5.07. The van der Waals surface area contributed by atoms with Gasteiger partial charge in [-0.15, -0.1) is 11.8 Å². The minimum Gasteiger partial charge on any atom is -0.512 e. The van der Waals surface area contributed by atoms with Crippen LogP contribution < -0.4 is 0 Å². The van der Waals surface area contributed by atoms with Crippen LogP contribution in [0.2, 0.25) is 0 Å². The summed E-state index contributed by atoms with van der Waals surface area (Å²) in [5.74, 6) is 2.18. The maximum absolute atomic E-state index is 9.79. The van der Waals surface area contributed by atoms with Gasteiger partial charge in [0, 0.05) is 35.0 Å². The Morgan fingerprint density at radius 3 is 2.54 bits per heavy atom. The Morgan fingerprint density at radius 2 is 1.79 bits per heavy atom. The van der Waals surface area contributed by atoms with Crippen molar-refractivity contribution < 1.29 is 9.84 Å². The van der Waals surface area contributed by atoms with Crippen LogP contribution in [-0.2, 0) is 17.1 Å². The van der Waals surface area contributed by atoms with Gasteiger partial charge in [0.05, 0.1) is 5.76 Å². The number of aliphatic hydroxyl groups is 1. The molecule has 3 rings (SSSR count). The molecule has 2 aromatic rings. The molecule has 1 aliphatic rings. The van der Waals surface area contributed by atoms with Gasteiger partial charge in [-0.2, -0.15) is 0 Å². The maximum atomic E-state index is 9.79. The van der Waals surface area contributed by atoms with Crippen LogP contribution in [0.1, 0.15) is 30.9 Å². The number of nitrogens with zero attached hydrogens (tertiary/aromatic N) is 1. The predicted octanol–water partition coefficient (Wildman–Crippen LogP) is 5.40. The van der Waals surface area contributed by atoms with Crippen LogP contribution in [0.5, 0.6) is 0 Å². The van der Waals surface area contributed by atoms with E-state index < -0.39 is 0 Å². The Labute approximate surface area is 147 Å². The second-order valence-electron chi connectivity index (χ2n) is 5.76. The van der Waals surface area contributed by atoms with E-state index in [4.69, 9.17) is 4.74 Å². The van der Waals surface area contributed by atoms with E-state index in [-0.39, 0.29) is 0 Å². The summed E-state index contributed by atoms with van der Waals surface area (Å²) in [5.41, 5.74) is 3.27. The average molecular weight is 339 g/mol. The molecule has 0 amide bonds. The molecule has 0 saturated carbocycles. The van der Waals surface area contributed by atoms with Crippen molar-refractivity contribution in [3.63, 3.8) is 0 Å². The summed E-state index contributed by atoms with van der Waals surface area (Å²) in [6.45, 7) is 2.42. The molecule has 1 aliphatic carbocycles. The van der Waals surface area contributed by atoms with Gasteiger partial charge < -0.3 is 9.84 Å². The molecule has 24 heavy (non-hydrogen) atoms. The summed E-state index contributed by atoms with van der Waals surface area (Å²) in [6, 6.07) is 12.5. The third-order valence-electron chi connectivity index (χ3n) is 3.99. The van der Waals surface area contributed by atoms with Gasteiger partial charge in [-0.25, -0.2) is 0 Å². The first-order valence-corrected chi connectivity index (χ1v) is 9.03. The highest BCUT2D eigenvalue weighted by atomic mass is 32.2. The number of allylic oxidation sites excluding steroid dienone is 3. The molecule has 0 fully saturated rings. The standard InChI is InChI=1S/C20H21NO2S/c1-15-19(22)3-2-4-20(15)23-13-16-5-7-17(8-6-16)14-24-18-9-11-21-12-10-18/h4-12,22H,2-3,13-14H2,1H3. The SMILES string of the molecule is CC1=C(O)CCC=C1OCc1ccc(CSc2ccncc2)cc1. The maximum Gasteiger partial charge on any atom is 0.122 e. The van der Waals surface area contributed by atoms with Crippen LogP contribution in [0, 0.1) is 0 Å². The van der Waals surface area contributed by atoms with Crippen molar-refractivity contribution in [1.82, 2.24) is 4.98 Å². The summed E-state index contributed by atoms with van der Waals surface area (Å²) in [6.07, 6.45) is 7.23. The fourth-order valence-corrected chi connectivity index (χ4v) is 3.32. The zero-order valence-corrected chi connectivity index (χ0v) is 14.6. The lowest BCUT2D eigenvalue weighted by atomic mass is 10.0. The highest BCUT2D eigenvalue weighted by molar-refractivity contribution is 7.98. The summed E-state index contributed by atoms with van der Waals surface area (Å²) >= 11 is 1.80. The smallest absolute Gasteiger partial charge is 0.122 e. The van der Waals surface area contributed by atoms with Crippen molar-refractivity contribution in [2.75, 3.05) is 0 Å². The molecule has 1 heterocycles. The van der Waals surface area contributed by atoms with E-state index in [1.165, 1.54) is 10.5 Å². The lowest BCUT2D eigenvalue weighted by Gasteiger charge is -2.16. The molecule has 0 atom stereocenters. The molecule has 124 valence electrons. The van der Waals surface area contributed by atoms with Gasteiger partial charge in [0.2, 0.25) is 0 Å². The van der Waals surface area contributed by atoms with Gasteiger partial charge >= 0.3 is 0 Å². The molecule has 4 heteroatoms. The minimum absolute atomic E-state index is 0.441. The molecular weight excluding hydrogens is 318 g/mol. The molecule has 0 bridgehead atoms. The molecule has 1 aromatic carbocycles. The quantitative estimate of drug-likeness (QED) is 0.716. The van der Waals surface area contributed by atoms with E-state index >= 15 is 0 Å². The molecule has 0 spiro atoms. The van der Waals surface area contributed by atoms with Crippen LogP contribution in [-0.4, -0.2) is 10.1 Å². The van der Waals surface area contributed by atoms with E-state index in [9.17, 15) is 5.11 Å². The highest BCUT2D eigenvalue weighted by Gasteiger charge is 2.12. The topological polar surface area (TPSA) is 42.4 Å². The number of hydrogen-bond acceptors (Lipinski definition) is 4. The monoisotopic (exact) mass is 339 g/mol. The molecule has 1 aromatic heterocycles. The molecular formula is C20H21NO2S. The first-order valence-electron chi connectivity index (χ1n) is 8.05. The number of hydrogen-bond donors (Lipinski definition) is 1. The Bertz CT molecular complexity index is 736. The van der Waals surface area contributed by atoms with E-state index in [1.807, 2.05) is 31.5 Å². The molecule has 0 saturated heterocycles. The first-order chi connectivity index (χ1) is 11.7. The van der Waals surface area contributed by atoms with Crippen LogP contribution in [0.15, 0.2) is 76.9 Å². The predicted molar refractivity (Wildman–Crippen MR) is 97.7 cm³/mol. The van der Waals surface area contributed by atoms with Gasteiger partial charge in [-0.05, 0) is 42.7 Å². The van der Waals surface area contributed by atoms with Crippen molar-refractivity contribution in [3.05, 3.63) is 83.1 Å². The van der Waals surface area contributed by atoms with Crippen molar-refractivity contribution >= 4 is 11.8 Å². The van der Waals surface area contributed by atoms with Crippen LogP contribution in [0.3, 0.4) is 0 Å². The van der Waals surface area contributed by atoms with Gasteiger partial charge in [0.15, 0.2) is 0 Å².